The predicted molar refractivity (Wildman–Crippen MR) is 72.7 cm³/mol. The van der Waals surface area contributed by atoms with Crippen molar-refractivity contribution in [1.82, 2.24) is 14.3 Å². The predicted octanol–water partition coefficient (Wildman–Crippen LogP) is 0.221. The van der Waals surface area contributed by atoms with Crippen LogP contribution in [-0.4, -0.2) is 44.3 Å². The normalized spacial score (nSPS) is 27.8. The largest absolute Gasteiger partial charge is 0.355 e. The molecule has 6 nitrogen and oxygen atoms in total. The standard InChI is InChI=1S/C12H23N3O3S/c1-10-5-8-15(9-6-10)19(17,18)14-11-4-2-3-7-13-12(11)16/h10-11,14H,2-9H2,1H3,(H,13,16)/t11-/m1/s1. The quantitative estimate of drug-likeness (QED) is 0.780. The lowest BCUT2D eigenvalue weighted by molar-refractivity contribution is -0.122. The summed E-state index contributed by atoms with van der Waals surface area (Å²) in [5, 5.41) is 2.74. The molecule has 0 spiro atoms. The van der Waals surface area contributed by atoms with Gasteiger partial charge in [-0.3, -0.25) is 4.79 Å². The number of amides is 1. The Morgan fingerprint density at radius 3 is 2.58 bits per heavy atom. The van der Waals surface area contributed by atoms with Crippen LogP contribution in [0.25, 0.3) is 0 Å². The van der Waals surface area contributed by atoms with Crippen molar-refractivity contribution in [3.05, 3.63) is 0 Å². The SMILES string of the molecule is CC1CCN(S(=O)(=O)N[C@@H]2CCCCNC2=O)CC1. The third-order valence-electron chi connectivity index (χ3n) is 3.91. The Balaban J connectivity index is 1.97. The fraction of sp³-hybridized carbons (Fsp3) is 0.917. The number of carbonyl (C=O) groups is 1. The number of hydrogen-bond donors (Lipinski definition) is 2. The third kappa shape index (κ3) is 3.90. The van der Waals surface area contributed by atoms with Crippen LogP contribution in [0.1, 0.15) is 39.0 Å². The maximum Gasteiger partial charge on any atom is 0.280 e. The molecule has 2 aliphatic rings. The minimum atomic E-state index is -3.53. The molecule has 0 radical (unpaired) electrons. The first-order chi connectivity index (χ1) is 8.99. The molecule has 0 aromatic heterocycles. The molecule has 0 bridgehead atoms. The summed E-state index contributed by atoms with van der Waals surface area (Å²) in [6.45, 7) is 3.87. The van der Waals surface area contributed by atoms with Crippen LogP contribution in [0, 0.1) is 5.92 Å². The van der Waals surface area contributed by atoms with Crippen LogP contribution in [0.3, 0.4) is 0 Å². The van der Waals surface area contributed by atoms with Crippen molar-refractivity contribution in [2.75, 3.05) is 19.6 Å². The second kappa shape index (κ2) is 6.19. The van der Waals surface area contributed by atoms with Gasteiger partial charge in [0.05, 0.1) is 0 Å². The lowest BCUT2D eigenvalue weighted by atomic mass is 10.0. The number of nitrogens with zero attached hydrogens (tertiary/aromatic N) is 1. The van der Waals surface area contributed by atoms with Crippen LogP contribution in [0.5, 0.6) is 0 Å². The zero-order valence-electron chi connectivity index (χ0n) is 11.4. The average molecular weight is 289 g/mol. The Morgan fingerprint density at radius 2 is 1.89 bits per heavy atom. The van der Waals surface area contributed by atoms with Gasteiger partial charge in [-0.15, -0.1) is 0 Å². The molecule has 7 heteroatoms. The van der Waals surface area contributed by atoms with Crippen LogP contribution >= 0.6 is 0 Å². The van der Waals surface area contributed by atoms with Crippen LogP contribution < -0.4 is 10.0 Å². The molecule has 1 atom stereocenters. The number of nitrogens with one attached hydrogen (secondary N) is 2. The summed E-state index contributed by atoms with van der Waals surface area (Å²) in [6.07, 6.45) is 4.12. The maximum atomic E-state index is 12.3. The number of carbonyl (C=O) groups excluding carboxylic acids is 1. The molecule has 2 aliphatic heterocycles. The van der Waals surface area contributed by atoms with Crippen molar-refractivity contribution < 1.29 is 13.2 Å². The van der Waals surface area contributed by atoms with Gasteiger partial charge in [-0.1, -0.05) is 6.92 Å². The number of hydrogen-bond acceptors (Lipinski definition) is 3. The van der Waals surface area contributed by atoms with Crippen molar-refractivity contribution in [3.8, 4) is 0 Å². The molecule has 0 aromatic rings. The molecule has 2 heterocycles. The summed E-state index contributed by atoms with van der Waals surface area (Å²) in [4.78, 5) is 11.8. The van der Waals surface area contributed by atoms with Crippen molar-refractivity contribution in [2.24, 2.45) is 5.92 Å². The summed E-state index contributed by atoms with van der Waals surface area (Å²) < 4.78 is 28.5. The second-order valence-corrected chi connectivity index (χ2v) is 7.25. The molecule has 0 aromatic carbocycles. The van der Waals surface area contributed by atoms with E-state index >= 15 is 0 Å². The van der Waals surface area contributed by atoms with Crippen molar-refractivity contribution in [3.63, 3.8) is 0 Å². The van der Waals surface area contributed by atoms with E-state index in [4.69, 9.17) is 0 Å². The van der Waals surface area contributed by atoms with E-state index in [2.05, 4.69) is 17.0 Å². The lowest BCUT2D eigenvalue weighted by Crippen LogP contribution is -2.52. The van der Waals surface area contributed by atoms with Gasteiger partial charge in [-0.05, 0) is 38.0 Å². The zero-order chi connectivity index (χ0) is 13.9. The fourth-order valence-electron chi connectivity index (χ4n) is 2.53. The van der Waals surface area contributed by atoms with Crippen LogP contribution in [0.15, 0.2) is 0 Å². The molecular formula is C12H23N3O3S. The Labute approximate surface area is 115 Å². The Bertz CT molecular complexity index is 416. The average Bonchev–Trinajstić information content (AvgIpc) is 2.55. The Morgan fingerprint density at radius 1 is 1.21 bits per heavy atom. The molecule has 0 unspecified atom stereocenters. The first-order valence-electron chi connectivity index (χ1n) is 7.04. The van der Waals surface area contributed by atoms with E-state index in [0.29, 0.717) is 32.0 Å². The highest BCUT2D eigenvalue weighted by Crippen LogP contribution is 2.18. The van der Waals surface area contributed by atoms with Gasteiger partial charge < -0.3 is 5.32 Å². The second-order valence-electron chi connectivity index (χ2n) is 5.54. The first-order valence-corrected chi connectivity index (χ1v) is 8.48. The van der Waals surface area contributed by atoms with E-state index < -0.39 is 16.3 Å². The number of piperidine rings is 1. The first kappa shape index (κ1) is 14.7. The monoisotopic (exact) mass is 289 g/mol. The maximum absolute atomic E-state index is 12.3. The molecule has 2 saturated heterocycles. The van der Waals surface area contributed by atoms with Crippen molar-refractivity contribution >= 4 is 16.1 Å². The summed E-state index contributed by atoms with van der Waals surface area (Å²) >= 11 is 0. The molecule has 2 fully saturated rings. The molecule has 19 heavy (non-hydrogen) atoms. The molecule has 1 amide bonds. The van der Waals surface area contributed by atoms with Gasteiger partial charge in [-0.25, -0.2) is 0 Å². The summed E-state index contributed by atoms with van der Waals surface area (Å²) in [5.41, 5.74) is 0. The van der Waals surface area contributed by atoms with E-state index in [1.807, 2.05) is 0 Å². The minimum absolute atomic E-state index is 0.202. The lowest BCUT2D eigenvalue weighted by Gasteiger charge is -2.30. The topological polar surface area (TPSA) is 78.5 Å². The highest BCUT2D eigenvalue weighted by atomic mass is 32.2. The summed E-state index contributed by atoms with van der Waals surface area (Å²) in [6, 6.07) is -0.619. The summed E-state index contributed by atoms with van der Waals surface area (Å²) in [5.74, 6) is 0.374. The van der Waals surface area contributed by atoms with Gasteiger partial charge in [0.1, 0.15) is 6.04 Å². The Hall–Kier alpha value is -0.660. The Kier molecular flexibility index (Phi) is 4.81. The zero-order valence-corrected chi connectivity index (χ0v) is 12.2. The van der Waals surface area contributed by atoms with Gasteiger partial charge in [0.15, 0.2) is 0 Å². The van der Waals surface area contributed by atoms with Crippen LogP contribution in [-0.2, 0) is 15.0 Å². The van der Waals surface area contributed by atoms with Crippen LogP contribution in [0.2, 0.25) is 0 Å². The molecular weight excluding hydrogens is 266 g/mol. The minimum Gasteiger partial charge on any atom is -0.355 e. The van der Waals surface area contributed by atoms with E-state index in [1.165, 1.54) is 4.31 Å². The van der Waals surface area contributed by atoms with Gasteiger partial charge in [0, 0.05) is 19.6 Å². The molecule has 110 valence electrons. The van der Waals surface area contributed by atoms with Gasteiger partial charge >= 0.3 is 0 Å². The smallest absolute Gasteiger partial charge is 0.280 e. The highest BCUT2D eigenvalue weighted by molar-refractivity contribution is 7.87. The van der Waals surface area contributed by atoms with E-state index in [0.717, 1.165) is 25.7 Å². The molecule has 0 saturated carbocycles. The van der Waals surface area contributed by atoms with E-state index in [9.17, 15) is 13.2 Å². The van der Waals surface area contributed by atoms with Gasteiger partial charge in [-0.2, -0.15) is 17.4 Å². The van der Waals surface area contributed by atoms with E-state index in [-0.39, 0.29) is 5.91 Å². The molecule has 0 aliphatic carbocycles. The van der Waals surface area contributed by atoms with Gasteiger partial charge in [0.2, 0.25) is 5.91 Å². The number of rotatable bonds is 3. The van der Waals surface area contributed by atoms with Gasteiger partial charge in [0.25, 0.3) is 10.2 Å². The van der Waals surface area contributed by atoms with Crippen molar-refractivity contribution in [1.29, 1.82) is 0 Å². The van der Waals surface area contributed by atoms with Crippen LogP contribution in [0.4, 0.5) is 0 Å². The summed E-state index contributed by atoms with van der Waals surface area (Å²) in [7, 11) is -3.53. The van der Waals surface area contributed by atoms with Crippen molar-refractivity contribution in [2.45, 2.75) is 45.1 Å². The van der Waals surface area contributed by atoms with E-state index in [1.54, 1.807) is 0 Å². The molecule has 2 rings (SSSR count). The third-order valence-corrected chi connectivity index (χ3v) is 5.54. The highest BCUT2D eigenvalue weighted by Gasteiger charge is 2.31. The fourth-order valence-corrected chi connectivity index (χ4v) is 3.96. The molecule has 2 N–H and O–H groups in total.